The molecule has 0 amide bonds. The van der Waals surface area contributed by atoms with E-state index < -0.39 is 41.2 Å². The maximum absolute atomic E-state index is 12.9. The van der Waals surface area contributed by atoms with Crippen molar-refractivity contribution in [1.29, 1.82) is 10.5 Å². The third-order valence-electron chi connectivity index (χ3n) is 5.12. The molecule has 0 heterocycles. The number of hydrogen-bond acceptors (Lipinski definition) is 6. The van der Waals surface area contributed by atoms with Crippen LogP contribution in [0.2, 0.25) is 30.0 Å². The van der Waals surface area contributed by atoms with E-state index in [4.69, 9.17) is 9.47 Å². The average molecular weight is 449 g/mol. The third kappa shape index (κ3) is 2.89. The van der Waals surface area contributed by atoms with E-state index in [1.807, 2.05) is 62.1 Å². The van der Waals surface area contributed by atoms with Crippen LogP contribution in [0.25, 0.3) is 0 Å². The molecule has 0 unspecified atom stereocenters. The maximum atomic E-state index is 12.9. The first-order valence-electron chi connectivity index (χ1n) is 8.38. The Hall–Kier alpha value is -2.12. The summed E-state index contributed by atoms with van der Waals surface area (Å²) in [6.45, 7) is 6.10. The Morgan fingerprint density at radius 3 is 1.89 bits per heavy atom. The normalized spacial score (nSPS) is 22.5. The molecule has 0 aliphatic heterocycles. The fraction of sp³-hybridized carbons (Fsp3) is 0.474. The molecule has 0 bridgehead atoms. The molecule has 0 N–H and O–H groups in total. The van der Waals surface area contributed by atoms with Gasteiger partial charge in [-0.15, -0.1) is 0 Å². The van der Waals surface area contributed by atoms with Crippen molar-refractivity contribution in [3.63, 3.8) is 0 Å². The first-order valence-corrected chi connectivity index (χ1v) is 13.8. The van der Waals surface area contributed by atoms with E-state index >= 15 is 0 Å². The van der Waals surface area contributed by atoms with Crippen LogP contribution >= 0.6 is 0 Å². The molecule has 142 valence electrons. The van der Waals surface area contributed by atoms with Gasteiger partial charge in [0.15, 0.2) is 0 Å². The van der Waals surface area contributed by atoms with Crippen molar-refractivity contribution in [1.82, 2.24) is 0 Å². The molecule has 1 saturated carbocycles. The Bertz CT molecular complexity index is 793. The van der Waals surface area contributed by atoms with Gasteiger partial charge in [-0.2, -0.15) is 0 Å². The molecular weight excluding hydrogens is 427 g/mol. The number of nitriles is 2. The molecule has 1 aromatic carbocycles. The van der Waals surface area contributed by atoms with E-state index in [9.17, 15) is 20.1 Å². The second-order valence-corrected chi connectivity index (χ2v) is 15.4. The number of nitrogens with zero attached hydrogens (tertiary/aromatic N) is 2. The number of carbonyl (C=O) groups excluding carboxylic acids is 2. The second-order valence-electron chi connectivity index (χ2n) is 7.52. The molecule has 0 radical (unpaired) electrons. The molecule has 0 spiro atoms. The van der Waals surface area contributed by atoms with Crippen LogP contribution < -0.4 is 4.46 Å². The number of carbonyl (C=O) groups is 2. The van der Waals surface area contributed by atoms with Gasteiger partial charge >= 0.3 is 167 Å². The Morgan fingerprint density at radius 2 is 1.52 bits per heavy atom. The van der Waals surface area contributed by atoms with Gasteiger partial charge in [-0.25, -0.2) is 0 Å². The number of rotatable bonds is 5. The first kappa shape index (κ1) is 21.2. The van der Waals surface area contributed by atoms with Gasteiger partial charge in [-0.05, 0) is 0 Å². The summed E-state index contributed by atoms with van der Waals surface area (Å²) in [4.78, 5) is 25.4. The molecule has 0 aromatic heterocycles. The van der Waals surface area contributed by atoms with Crippen molar-refractivity contribution in [3.05, 3.63) is 30.3 Å². The summed E-state index contributed by atoms with van der Waals surface area (Å²) in [6, 6.07) is 13.6. The molecule has 2 rings (SSSR count). The quantitative estimate of drug-likeness (QED) is 0.387. The van der Waals surface area contributed by atoms with E-state index in [1.54, 1.807) is 0 Å². The van der Waals surface area contributed by atoms with Gasteiger partial charge in [-0.3, -0.25) is 0 Å². The minimum absolute atomic E-state index is 0.275. The van der Waals surface area contributed by atoms with Crippen molar-refractivity contribution in [3.8, 4) is 12.1 Å². The van der Waals surface area contributed by atoms with E-state index in [0.717, 1.165) is 4.46 Å². The summed E-state index contributed by atoms with van der Waals surface area (Å²) in [5, 5.41) is 20.1. The van der Waals surface area contributed by atoms with E-state index in [-0.39, 0.29) is 15.0 Å². The van der Waals surface area contributed by atoms with Gasteiger partial charge in [0.25, 0.3) is 0 Å². The van der Waals surface area contributed by atoms with Crippen LogP contribution in [0.4, 0.5) is 0 Å². The SMILES string of the molecule is COC(=O)C1(C(=O)OC)[C@@H]([Si](C)(C)C)[C@H]([Se]c2ccccc2)C1(C#N)C#N. The number of methoxy groups -OCH3 is 2. The molecule has 1 aromatic rings. The summed E-state index contributed by atoms with van der Waals surface area (Å²) >= 11 is -0.275. The fourth-order valence-electron chi connectivity index (χ4n) is 4.07. The summed E-state index contributed by atoms with van der Waals surface area (Å²) < 4.78 is 10.9. The Labute approximate surface area is 166 Å². The number of esters is 2. The van der Waals surface area contributed by atoms with Crippen LogP contribution in [0.5, 0.6) is 0 Å². The predicted molar refractivity (Wildman–Crippen MR) is 103 cm³/mol. The van der Waals surface area contributed by atoms with Crippen LogP contribution in [0.3, 0.4) is 0 Å². The Morgan fingerprint density at radius 1 is 1.04 bits per heavy atom. The molecule has 6 nitrogen and oxygen atoms in total. The summed E-state index contributed by atoms with van der Waals surface area (Å²) in [7, 11) is 0.146. The fourth-order valence-corrected chi connectivity index (χ4v) is 12.9. The molecule has 0 saturated heterocycles. The van der Waals surface area contributed by atoms with Crippen LogP contribution in [0.15, 0.2) is 30.3 Å². The summed E-state index contributed by atoms with van der Waals surface area (Å²) in [5.74, 6) is -1.71. The van der Waals surface area contributed by atoms with Crippen molar-refractivity contribution in [2.24, 2.45) is 10.8 Å². The van der Waals surface area contributed by atoms with E-state index in [1.165, 1.54) is 14.2 Å². The van der Waals surface area contributed by atoms with Gasteiger partial charge in [0.2, 0.25) is 0 Å². The van der Waals surface area contributed by atoms with Crippen LogP contribution in [0, 0.1) is 33.5 Å². The number of ether oxygens (including phenoxy) is 2. The first-order chi connectivity index (χ1) is 12.7. The van der Waals surface area contributed by atoms with Crippen molar-refractivity contribution in [2.45, 2.75) is 30.0 Å². The second kappa shape index (κ2) is 7.48. The average Bonchev–Trinajstić information content (AvgIpc) is 2.64. The van der Waals surface area contributed by atoms with Crippen LogP contribution in [-0.4, -0.2) is 49.2 Å². The van der Waals surface area contributed by atoms with Gasteiger partial charge < -0.3 is 0 Å². The van der Waals surface area contributed by atoms with E-state index in [0.29, 0.717) is 0 Å². The summed E-state index contributed by atoms with van der Waals surface area (Å²) in [5.41, 5.74) is -4.16. The van der Waals surface area contributed by atoms with E-state index in [2.05, 4.69) is 0 Å². The zero-order valence-electron chi connectivity index (χ0n) is 16.0. The molecule has 2 atom stereocenters. The van der Waals surface area contributed by atoms with Crippen molar-refractivity contribution >= 4 is 39.4 Å². The van der Waals surface area contributed by atoms with Crippen LogP contribution in [0.1, 0.15) is 0 Å². The molecule has 1 aliphatic rings. The Balaban J connectivity index is 2.74. The Kier molecular flexibility index (Phi) is 5.87. The molecule has 1 fully saturated rings. The van der Waals surface area contributed by atoms with Crippen LogP contribution in [-0.2, 0) is 19.1 Å². The van der Waals surface area contributed by atoms with Crippen molar-refractivity contribution in [2.75, 3.05) is 14.2 Å². The predicted octanol–water partition coefficient (Wildman–Crippen LogP) is 1.89. The van der Waals surface area contributed by atoms with Crippen molar-refractivity contribution < 1.29 is 19.1 Å². The van der Waals surface area contributed by atoms with Gasteiger partial charge in [0, 0.05) is 0 Å². The molecular formula is C19H22N2O4SeSi. The minimum atomic E-state index is -2.19. The number of benzene rings is 1. The molecule has 1 aliphatic carbocycles. The molecule has 27 heavy (non-hydrogen) atoms. The molecule has 8 heteroatoms. The van der Waals surface area contributed by atoms with Gasteiger partial charge in [0.05, 0.1) is 0 Å². The third-order valence-corrected chi connectivity index (χ3v) is 11.3. The zero-order chi connectivity index (χ0) is 20.5. The van der Waals surface area contributed by atoms with Gasteiger partial charge in [-0.1, -0.05) is 0 Å². The topological polar surface area (TPSA) is 100 Å². The monoisotopic (exact) mass is 450 g/mol. The number of hydrogen-bond donors (Lipinski definition) is 0. The standard InChI is InChI=1S/C19H22N2O4SeSi/c1-24-16(22)19(17(23)25-2)15(27(3,4)5)14(18(19,11-20)12-21)26-13-9-7-6-8-10-13/h6-10,14-15H,1-5H3/t14-,15-/m0/s1. The zero-order valence-corrected chi connectivity index (χ0v) is 18.7. The van der Waals surface area contributed by atoms with Gasteiger partial charge in [0.1, 0.15) is 0 Å². The summed E-state index contributed by atoms with van der Waals surface area (Å²) in [6.07, 6.45) is 0.